The molecule has 2 aromatic rings. The lowest BCUT2D eigenvalue weighted by atomic mass is 10.0. The van der Waals surface area contributed by atoms with Crippen molar-refractivity contribution in [3.63, 3.8) is 0 Å². The first-order valence-electron chi connectivity index (χ1n) is 7.05. The van der Waals surface area contributed by atoms with Gasteiger partial charge in [0.25, 0.3) is 0 Å². The van der Waals surface area contributed by atoms with E-state index in [0.29, 0.717) is 6.54 Å². The average molecular weight is 351 g/mol. The third kappa shape index (κ3) is 3.63. The zero-order chi connectivity index (χ0) is 15.4. The van der Waals surface area contributed by atoms with Crippen molar-refractivity contribution in [3.05, 3.63) is 63.9 Å². The van der Waals surface area contributed by atoms with E-state index in [1.165, 1.54) is 11.6 Å². The lowest BCUT2D eigenvalue weighted by Gasteiger charge is -2.32. The fourth-order valence-electron chi connectivity index (χ4n) is 2.56. The van der Waals surface area contributed by atoms with Crippen LogP contribution in [0.4, 0.5) is 10.1 Å². The van der Waals surface area contributed by atoms with Gasteiger partial charge in [-0.25, -0.2) is 4.39 Å². The highest BCUT2D eigenvalue weighted by Gasteiger charge is 2.19. The molecule has 2 aromatic carbocycles. The smallest absolute Gasteiger partial charge is 0.125 e. The molecule has 0 saturated heterocycles. The van der Waals surface area contributed by atoms with Gasteiger partial charge < -0.3 is 10.6 Å². The Kier molecular flexibility index (Phi) is 5.37. The van der Waals surface area contributed by atoms with E-state index in [9.17, 15) is 4.39 Å². The van der Waals surface area contributed by atoms with E-state index in [2.05, 4.69) is 46.8 Å². The fourth-order valence-corrected chi connectivity index (χ4v) is 2.80. The molecular formula is C17H20BrFN2. The first-order chi connectivity index (χ1) is 10.1. The molecule has 0 aliphatic rings. The van der Waals surface area contributed by atoms with E-state index >= 15 is 0 Å². The molecule has 0 radical (unpaired) electrons. The second-order valence-corrected chi connectivity index (χ2v) is 5.88. The molecule has 2 nitrogen and oxygen atoms in total. The number of likely N-dealkylation sites (N-methyl/N-ethyl adjacent to an activating group) is 1. The maximum Gasteiger partial charge on any atom is 0.125 e. The number of nitrogens with zero attached hydrogens (tertiary/aromatic N) is 1. The Morgan fingerprint density at radius 2 is 2.00 bits per heavy atom. The summed E-state index contributed by atoms with van der Waals surface area (Å²) in [7, 11) is 0. The highest BCUT2D eigenvalue weighted by molar-refractivity contribution is 9.10. The number of hydrogen-bond acceptors (Lipinski definition) is 2. The van der Waals surface area contributed by atoms with Gasteiger partial charge in [0.05, 0.1) is 6.04 Å². The van der Waals surface area contributed by atoms with E-state index < -0.39 is 0 Å². The summed E-state index contributed by atoms with van der Waals surface area (Å²) in [6.45, 7) is 5.35. The molecule has 0 saturated carbocycles. The number of hydrogen-bond donors (Lipinski definition) is 1. The van der Waals surface area contributed by atoms with Crippen LogP contribution in [0.5, 0.6) is 0 Å². The first-order valence-corrected chi connectivity index (χ1v) is 7.84. The van der Waals surface area contributed by atoms with E-state index in [4.69, 9.17) is 5.73 Å². The van der Waals surface area contributed by atoms with Gasteiger partial charge in [-0.2, -0.15) is 0 Å². The molecule has 0 spiro atoms. The van der Waals surface area contributed by atoms with Crippen LogP contribution in [-0.2, 0) is 0 Å². The van der Waals surface area contributed by atoms with Gasteiger partial charge in [-0.1, -0.05) is 34.1 Å². The molecule has 0 heterocycles. The van der Waals surface area contributed by atoms with Crippen LogP contribution in [0.2, 0.25) is 0 Å². The molecule has 4 heteroatoms. The largest absolute Gasteiger partial charge is 0.363 e. The second kappa shape index (κ2) is 7.05. The minimum absolute atomic E-state index is 0.0311. The van der Waals surface area contributed by atoms with Crippen molar-refractivity contribution in [2.45, 2.75) is 19.9 Å². The van der Waals surface area contributed by atoms with Gasteiger partial charge in [-0.05, 0) is 49.2 Å². The van der Waals surface area contributed by atoms with E-state index in [-0.39, 0.29) is 11.9 Å². The maximum atomic E-state index is 13.5. The minimum atomic E-state index is -0.228. The minimum Gasteiger partial charge on any atom is -0.363 e. The van der Waals surface area contributed by atoms with Gasteiger partial charge in [0.15, 0.2) is 0 Å². The average Bonchev–Trinajstić information content (AvgIpc) is 2.47. The summed E-state index contributed by atoms with van der Waals surface area (Å²) >= 11 is 3.51. The van der Waals surface area contributed by atoms with E-state index in [1.54, 1.807) is 12.1 Å². The lowest BCUT2D eigenvalue weighted by Crippen LogP contribution is -2.33. The molecule has 0 aliphatic heterocycles. The number of rotatable bonds is 5. The normalized spacial score (nSPS) is 12.2. The standard InChI is InChI=1S/C17H20BrFN2/c1-3-21(15-6-4-5-14(19)10-15)17(11-20)13-7-8-16(18)12(2)9-13/h4-10,17H,3,11,20H2,1-2H3. The first kappa shape index (κ1) is 16.0. The predicted octanol–water partition coefficient (Wildman–Crippen LogP) is 4.42. The van der Waals surface area contributed by atoms with Gasteiger partial charge in [0, 0.05) is 23.2 Å². The van der Waals surface area contributed by atoms with Gasteiger partial charge in [0.2, 0.25) is 0 Å². The molecule has 2 rings (SSSR count). The lowest BCUT2D eigenvalue weighted by molar-refractivity contribution is 0.616. The highest BCUT2D eigenvalue weighted by atomic mass is 79.9. The van der Waals surface area contributed by atoms with Crippen LogP contribution < -0.4 is 10.6 Å². The molecule has 112 valence electrons. The molecule has 0 bridgehead atoms. The Bertz CT molecular complexity index is 615. The van der Waals surface area contributed by atoms with Gasteiger partial charge in [-0.3, -0.25) is 0 Å². The SMILES string of the molecule is CCN(c1cccc(F)c1)C(CN)c1ccc(Br)c(C)c1. The van der Waals surface area contributed by atoms with Crippen LogP contribution in [-0.4, -0.2) is 13.1 Å². The Labute approximate surface area is 133 Å². The third-order valence-electron chi connectivity index (χ3n) is 3.65. The van der Waals surface area contributed by atoms with E-state index in [1.807, 2.05) is 12.1 Å². The molecule has 0 fully saturated rings. The number of halogens is 2. The number of anilines is 1. The van der Waals surface area contributed by atoms with Gasteiger partial charge in [0.1, 0.15) is 5.82 Å². The quantitative estimate of drug-likeness (QED) is 0.864. The molecular weight excluding hydrogens is 331 g/mol. The summed E-state index contributed by atoms with van der Waals surface area (Å²) in [5, 5.41) is 0. The predicted molar refractivity (Wildman–Crippen MR) is 90.1 cm³/mol. The van der Waals surface area contributed by atoms with Crippen molar-refractivity contribution >= 4 is 21.6 Å². The van der Waals surface area contributed by atoms with Crippen LogP contribution in [0.3, 0.4) is 0 Å². The Balaban J connectivity index is 2.39. The monoisotopic (exact) mass is 350 g/mol. The zero-order valence-corrected chi connectivity index (χ0v) is 13.9. The van der Waals surface area contributed by atoms with Crippen LogP contribution in [0, 0.1) is 12.7 Å². The van der Waals surface area contributed by atoms with Crippen molar-refractivity contribution in [1.29, 1.82) is 0 Å². The van der Waals surface area contributed by atoms with Crippen LogP contribution in [0.1, 0.15) is 24.1 Å². The molecule has 21 heavy (non-hydrogen) atoms. The summed E-state index contributed by atoms with van der Waals surface area (Å²) in [6.07, 6.45) is 0. The van der Waals surface area contributed by atoms with Crippen LogP contribution in [0.25, 0.3) is 0 Å². The van der Waals surface area contributed by atoms with Crippen LogP contribution in [0.15, 0.2) is 46.9 Å². The van der Waals surface area contributed by atoms with E-state index in [0.717, 1.165) is 22.3 Å². The Morgan fingerprint density at radius 3 is 2.57 bits per heavy atom. The summed E-state index contributed by atoms with van der Waals surface area (Å²) < 4.78 is 14.6. The molecule has 0 aromatic heterocycles. The second-order valence-electron chi connectivity index (χ2n) is 5.03. The molecule has 0 amide bonds. The topological polar surface area (TPSA) is 29.3 Å². The number of aryl methyl sites for hydroxylation is 1. The zero-order valence-electron chi connectivity index (χ0n) is 12.3. The van der Waals surface area contributed by atoms with Crippen molar-refractivity contribution in [2.24, 2.45) is 5.73 Å². The van der Waals surface area contributed by atoms with Crippen LogP contribution >= 0.6 is 15.9 Å². The molecule has 1 atom stereocenters. The summed E-state index contributed by atoms with van der Waals surface area (Å²) in [5.41, 5.74) is 9.16. The van der Waals surface area contributed by atoms with Gasteiger partial charge >= 0.3 is 0 Å². The highest BCUT2D eigenvalue weighted by Crippen LogP contribution is 2.29. The van der Waals surface area contributed by atoms with Crippen molar-refractivity contribution < 1.29 is 4.39 Å². The van der Waals surface area contributed by atoms with Crippen molar-refractivity contribution in [1.82, 2.24) is 0 Å². The third-order valence-corrected chi connectivity index (χ3v) is 4.54. The molecule has 1 unspecified atom stereocenters. The summed E-state index contributed by atoms with van der Waals surface area (Å²) in [6, 6.07) is 12.9. The van der Waals surface area contributed by atoms with Gasteiger partial charge in [-0.15, -0.1) is 0 Å². The van der Waals surface area contributed by atoms with Crippen molar-refractivity contribution in [2.75, 3.05) is 18.0 Å². The molecule has 0 aliphatic carbocycles. The summed E-state index contributed by atoms with van der Waals surface area (Å²) in [5.74, 6) is -0.228. The Hall–Kier alpha value is -1.39. The van der Waals surface area contributed by atoms with Crippen molar-refractivity contribution in [3.8, 4) is 0 Å². The number of benzene rings is 2. The fraction of sp³-hybridized carbons (Fsp3) is 0.294. The Morgan fingerprint density at radius 1 is 1.24 bits per heavy atom. The summed E-state index contributed by atoms with van der Waals surface area (Å²) in [4.78, 5) is 2.13. The number of nitrogens with two attached hydrogens (primary N) is 1. The maximum absolute atomic E-state index is 13.5. The molecule has 2 N–H and O–H groups in total.